The molecule has 0 aliphatic carbocycles. The summed E-state index contributed by atoms with van der Waals surface area (Å²) < 4.78 is 46.0. The Bertz CT molecular complexity index is 536. The van der Waals surface area contributed by atoms with Gasteiger partial charge in [0, 0.05) is 0 Å². The second-order valence-corrected chi connectivity index (χ2v) is 14.5. The molecule has 0 aromatic rings. The van der Waals surface area contributed by atoms with Crippen LogP contribution in [0.4, 0.5) is 0 Å². The first-order valence-electron chi connectivity index (χ1n) is 9.33. The van der Waals surface area contributed by atoms with Crippen LogP contribution in [0.2, 0.25) is 18.1 Å². The molecule has 2 rings (SSSR count). The first-order valence-corrected chi connectivity index (χ1v) is 13.2. The van der Waals surface area contributed by atoms with Crippen molar-refractivity contribution in [3.8, 4) is 0 Å². The topological polar surface area (TPSA) is 92.7 Å². The van der Waals surface area contributed by atoms with Crippen LogP contribution in [0.1, 0.15) is 41.5 Å². The van der Waals surface area contributed by atoms with Gasteiger partial charge in [0.1, 0.15) is 24.4 Å². The zero-order chi connectivity index (χ0) is 20.6. The van der Waals surface area contributed by atoms with Gasteiger partial charge in [-0.25, -0.2) is 0 Å². The van der Waals surface area contributed by atoms with E-state index in [1.165, 1.54) is 0 Å². The average Bonchev–Trinajstić information content (AvgIpc) is 2.97. The molecule has 2 aliphatic rings. The molecule has 2 saturated heterocycles. The van der Waals surface area contributed by atoms with E-state index >= 15 is 0 Å². The van der Waals surface area contributed by atoms with Crippen LogP contribution in [0, 0.1) is 0 Å². The van der Waals surface area contributed by atoms with Crippen molar-refractivity contribution in [3.05, 3.63) is 0 Å². The predicted molar refractivity (Wildman–Crippen MR) is 102 cm³/mol. The third-order valence-electron chi connectivity index (χ3n) is 5.23. The van der Waals surface area contributed by atoms with Crippen LogP contribution in [-0.4, -0.2) is 67.3 Å². The van der Waals surface area contributed by atoms with Crippen molar-refractivity contribution in [1.82, 2.24) is 0 Å². The highest BCUT2D eigenvalue weighted by atomic mass is 32.2. The molecule has 1 unspecified atom stereocenters. The Morgan fingerprint density at radius 3 is 2.44 bits per heavy atom. The molecule has 1 N–H and O–H groups in total. The van der Waals surface area contributed by atoms with E-state index in [2.05, 4.69) is 33.9 Å². The molecule has 10 heteroatoms. The van der Waals surface area contributed by atoms with Gasteiger partial charge >= 0.3 is 11.4 Å². The molecule has 0 amide bonds. The lowest BCUT2D eigenvalue weighted by atomic mass is 10.1. The van der Waals surface area contributed by atoms with Crippen molar-refractivity contribution in [1.29, 1.82) is 0 Å². The van der Waals surface area contributed by atoms with Crippen LogP contribution in [-0.2, 0) is 38.4 Å². The van der Waals surface area contributed by atoms with Gasteiger partial charge in [0.2, 0.25) is 0 Å². The minimum Gasteiger partial charge on any atom is -0.414 e. The largest absolute Gasteiger partial charge is 0.414 e. The van der Waals surface area contributed by atoms with E-state index in [0.29, 0.717) is 0 Å². The first-order chi connectivity index (χ1) is 12.3. The second-order valence-electron chi connectivity index (χ2n) is 8.88. The number of ether oxygens (including phenoxy) is 3. The highest BCUT2D eigenvalue weighted by molar-refractivity contribution is 7.75. The summed E-state index contributed by atoms with van der Waals surface area (Å²) >= 11 is -1.98. The Balaban J connectivity index is 2.08. The molecule has 0 aromatic carbocycles. The molecule has 0 radical (unpaired) electrons. The summed E-state index contributed by atoms with van der Waals surface area (Å²) in [5.74, 6) is -0.850. The lowest BCUT2D eigenvalue weighted by Gasteiger charge is -2.37. The van der Waals surface area contributed by atoms with E-state index in [9.17, 15) is 9.32 Å². The monoisotopic (exact) mass is 426 g/mol. The number of hydrogen-bond donors (Lipinski definition) is 1. The zero-order valence-electron chi connectivity index (χ0n) is 17.5. The maximum atomic E-state index is 12.0. The summed E-state index contributed by atoms with van der Waals surface area (Å²) in [6, 6.07) is 0. The molecule has 160 valence electrons. The molecule has 2 heterocycles. The molecule has 0 bridgehead atoms. The summed E-state index contributed by atoms with van der Waals surface area (Å²) in [5.41, 5.74) is 0. The minimum absolute atomic E-state index is 0.0162. The molecule has 0 saturated carbocycles. The maximum Gasteiger partial charge on any atom is 0.305 e. The normalized spacial score (nSPS) is 33.1. The lowest BCUT2D eigenvalue weighted by Crippen LogP contribution is -2.48. The van der Waals surface area contributed by atoms with Gasteiger partial charge < -0.3 is 23.7 Å². The third kappa shape index (κ3) is 5.58. The van der Waals surface area contributed by atoms with Crippen molar-refractivity contribution in [3.63, 3.8) is 0 Å². The molecule has 0 aromatic heterocycles. The van der Waals surface area contributed by atoms with Gasteiger partial charge in [0.05, 0.1) is 13.2 Å². The zero-order valence-corrected chi connectivity index (χ0v) is 19.3. The van der Waals surface area contributed by atoms with Crippen molar-refractivity contribution in [2.24, 2.45) is 0 Å². The van der Waals surface area contributed by atoms with Crippen molar-refractivity contribution >= 4 is 19.7 Å². The summed E-state index contributed by atoms with van der Waals surface area (Å²) in [6.07, 6.45) is -3.91. The fraction of sp³-hybridized carbons (Fsp3) is 1.00. The molecular weight excluding hydrogens is 392 g/mol. The highest BCUT2D eigenvalue weighted by Gasteiger charge is 2.58. The highest BCUT2D eigenvalue weighted by Crippen LogP contribution is 2.41. The van der Waals surface area contributed by atoms with Crippen LogP contribution in [0.15, 0.2) is 0 Å². The second kappa shape index (κ2) is 8.45. The fourth-order valence-electron chi connectivity index (χ4n) is 2.74. The van der Waals surface area contributed by atoms with Crippen molar-refractivity contribution in [2.75, 3.05) is 13.2 Å². The quantitative estimate of drug-likeness (QED) is 0.591. The summed E-state index contributed by atoms with van der Waals surface area (Å²) in [5, 5.41) is 10.7. The molecule has 6 atom stereocenters. The van der Waals surface area contributed by atoms with Gasteiger partial charge in [-0.3, -0.25) is 8.37 Å². The molecular formula is C17H34O8SSi. The Kier molecular flexibility index (Phi) is 7.31. The molecule has 2 aliphatic heterocycles. The number of fused-ring (bicyclic) bond motifs is 1. The van der Waals surface area contributed by atoms with Crippen molar-refractivity contribution < 1.29 is 36.3 Å². The van der Waals surface area contributed by atoms with Gasteiger partial charge in [0.25, 0.3) is 0 Å². The Hall–Kier alpha value is 0.0869. The van der Waals surface area contributed by atoms with Crippen LogP contribution in [0.3, 0.4) is 0 Å². The number of aliphatic hydroxyl groups is 1. The maximum absolute atomic E-state index is 12.0. The molecule has 27 heavy (non-hydrogen) atoms. The van der Waals surface area contributed by atoms with Gasteiger partial charge in [-0.1, -0.05) is 20.8 Å². The molecule has 8 nitrogen and oxygen atoms in total. The van der Waals surface area contributed by atoms with Gasteiger partial charge in [0.15, 0.2) is 20.4 Å². The Morgan fingerprint density at radius 2 is 1.89 bits per heavy atom. The summed E-state index contributed by atoms with van der Waals surface area (Å²) in [6.45, 7) is 16.2. The first kappa shape index (κ1) is 23.4. The third-order valence-corrected chi connectivity index (χ3v) is 10.5. The number of rotatable bonds is 8. The minimum atomic E-state index is -2.04. The van der Waals surface area contributed by atoms with Crippen LogP contribution in [0.5, 0.6) is 0 Å². The fourth-order valence-corrected chi connectivity index (χ4v) is 4.41. The molecule has 0 spiro atoms. The summed E-state index contributed by atoms with van der Waals surface area (Å²) in [7, 11) is -2.04. The number of aliphatic hydroxyl groups excluding tert-OH is 1. The van der Waals surface area contributed by atoms with E-state index < -0.39 is 56.2 Å². The van der Waals surface area contributed by atoms with Crippen LogP contribution < -0.4 is 0 Å². The molecule has 2 fully saturated rings. The standard InChI is InChI=1S/C17H34O8SSi/c1-9-20-26(19)25-13-12(22-15-14(13)23-17(5,6)24-15)11(18)10-21-27(7,8)16(2,3)4/h11-15,18H,9-10H2,1-8H3/t11-,12-,13+,14-,15-,26?/m1/s1. The van der Waals surface area contributed by atoms with Gasteiger partial charge in [-0.2, -0.15) is 4.21 Å². The van der Waals surface area contributed by atoms with Crippen LogP contribution in [0.25, 0.3) is 0 Å². The van der Waals surface area contributed by atoms with E-state index in [1.807, 2.05) is 0 Å². The predicted octanol–water partition coefficient (Wildman–Crippen LogP) is 2.25. The summed E-state index contributed by atoms with van der Waals surface area (Å²) in [4.78, 5) is 0. The average molecular weight is 427 g/mol. The Morgan fingerprint density at radius 1 is 1.26 bits per heavy atom. The van der Waals surface area contributed by atoms with E-state index in [-0.39, 0.29) is 18.3 Å². The van der Waals surface area contributed by atoms with Crippen LogP contribution >= 0.6 is 0 Å². The Labute approximate surface area is 165 Å². The van der Waals surface area contributed by atoms with E-state index in [1.54, 1.807) is 20.8 Å². The van der Waals surface area contributed by atoms with Gasteiger partial charge in [-0.05, 0) is 38.9 Å². The SMILES string of the molecule is CCOS(=O)O[C@@H]1[C@H]2OC(C)(C)O[C@H]2O[C@@H]1[C@H](O)CO[Si](C)(C)C(C)(C)C. The van der Waals surface area contributed by atoms with Crippen molar-refractivity contribution in [2.45, 2.75) is 96.2 Å². The lowest BCUT2D eigenvalue weighted by molar-refractivity contribution is -0.225. The van der Waals surface area contributed by atoms with Gasteiger partial charge in [-0.15, -0.1) is 0 Å². The smallest absolute Gasteiger partial charge is 0.305 e. The number of hydrogen-bond acceptors (Lipinski definition) is 8. The van der Waals surface area contributed by atoms with E-state index in [0.717, 1.165) is 0 Å². The van der Waals surface area contributed by atoms with E-state index in [4.69, 9.17) is 27.0 Å².